The van der Waals surface area contributed by atoms with Crippen molar-refractivity contribution in [3.8, 4) is 5.75 Å². The molecule has 23 heavy (non-hydrogen) atoms. The maximum absolute atomic E-state index is 12.8. The zero-order valence-electron chi connectivity index (χ0n) is 11.8. The summed E-state index contributed by atoms with van der Waals surface area (Å²) in [6.45, 7) is -0.877. The Morgan fingerprint density at radius 2 is 1.87 bits per heavy atom. The summed E-state index contributed by atoms with van der Waals surface area (Å²) in [7, 11) is 0. The van der Waals surface area contributed by atoms with Gasteiger partial charge in [-0.2, -0.15) is 4.89 Å². The van der Waals surface area contributed by atoms with Crippen molar-refractivity contribution >= 4 is 12.0 Å². The van der Waals surface area contributed by atoms with Crippen LogP contribution in [0.3, 0.4) is 0 Å². The molecule has 1 rings (SSSR count). The van der Waals surface area contributed by atoms with Crippen molar-refractivity contribution < 1.29 is 43.8 Å². The summed E-state index contributed by atoms with van der Waals surface area (Å²) in [6.07, 6.45) is -10.3. The number of hydrogen-bond acceptors (Lipinski definition) is 8. The summed E-state index contributed by atoms with van der Waals surface area (Å²) in [4.78, 5) is 20.0. The lowest BCUT2D eigenvalue weighted by Gasteiger charge is -2.25. The van der Waals surface area contributed by atoms with E-state index in [1.165, 1.54) is 6.07 Å². The first-order chi connectivity index (χ1) is 10.8. The predicted octanol–water partition coefficient (Wildman–Crippen LogP) is -0.841. The Hall–Kier alpha value is -1.85. The summed E-state index contributed by atoms with van der Waals surface area (Å²) >= 11 is 0. The second-order valence-electron chi connectivity index (χ2n) is 4.61. The molecule has 1 aromatic carbocycles. The van der Waals surface area contributed by atoms with Crippen LogP contribution in [0.25, 0.3) is 0 Å². The van der Waals surface area contributed by atoms with Gasteiger partial charge in [0.15, 0.2) is 18.1 Å². The minimum absolute atomic E-state index is 0.0390. The molecule has 4 atom stereocenters. The third-order valence-corrected chi connectivity index (χ3v) is 2.92. The topological polar surface area (TPSA) is 142 Å². The highest BCUT2D eigenvalue weighted by Crippen LogP contribution is 2.31. The molecular weight excluding hydrogens is 320 g/mol. The number of aliphatic hydroxyl groups excluding tert-OH is 4. The Balaban J connectivity index is 2.80. The van der Waals surface area contributed by atoms with Crippen molar-refractivity contribution in [1.29, 1.82) is 0 Å². The molecule has 0 aliphatic rings. The molecule has 0 aliphatic heterocycles. The molecule has 0 radical (unpaired) electrons. The van der Waals surface area contributed by atoms with Crippen LogP contribution in [0.2, 0.25) is 0 Å². The molecule has 0 unspecified atom stereocenters. The van der Waals surface area contributed by atoms with E-state index in [1.54, 1.807) is 0 Å². The van der Waals surface area contributed by atoms with E-state index in [4.69, 9.17) is 10.8 Å². The zero-order chi connectivity index (χ0) is 17.6. The lowest BCUT2D eigenvalue weighted by Crippen LogP contribution is -2.47. The standard InChI is InChI=1S/C13H17F2NO7/c14-13(15)7-3-6(16)1-2-9(7)22-23-10(5-18)12(21)11(20)8(19)4-17/h1-3,5,8,10-13,17,19-21H,4,16H2/t8-,10+,11+,12-/m1/s1. The molecule has 0 amide bonds. The quantitative estimate of drug-likeness (QED) is 0.170. The number of rotatable bonds is 9. The number of benzene rings is 1. The fourth-order valence-electron chi connectivity index (χ4n) is 1.61. The molecule has 0 saturated carbocycles. The van der Waals surface area contributed by atoms with Gasteiger partial charge in [-0.1, -0.05) is 0 Å². The summed E-state index contributed by atoms with van der Waals surface area (Å²) in [5, 5.41) is 37.0. The van der Waals surface area contributed by atoms with Gasteiger partial charge < -0.3 is 35.8 Å². The predicted molar refractivity (Wildman–Crippen MR) is 72.5 cm³/mol. The van der Waals surface area contributed by atoms with Crippen LogP contribution in [-0.4, -0.2) is 57.7 Å². The Morgan fingerprint density at radius 3 is 2.39 bits per heavy atom. The van der Waals surface area contributed by atoms with E-state index in [0.717, 1.165) is 12.1 Å². The van der Waals surface area contributed by atoms with Crippen LogP contribution in [0.15, 0.2) is 18.2 Å². The molecule has 0 aliphatic carbocycles. The van der Waals surface area contributed by atoms with Gasteiger partial charge in [-0.3, -0.25) is 0 Å². The smallest absolute Gasteiger partial charge is 0.267 e. The van der Waals surface area contributed by atoms with Crippen LogP contribution >= 0.6 is 0 Å². The zero-order valence-corrected chi connectivity index (χ0v) is 11.8. The van der Waals surface area contributed by atoms with Crippen molar-refractivity contribution in [3.05, 3.63) is 23.8 Å². The molecule has 0 spiro atoms. The molecule has 130 valence electrons. The van der Waals surface area contributed by atoms with Gasteiger partial charge in [-0.25, -0.2) is 8.78 Å². The van der Waals surface area contributed by atoms with Crippen molar-refractivity contribution in [2.75, 3.05) is 12.3 Å². The Morgan fingerprint density at radius 1 is 1.22 bits per heavy atom. The Labute approximate surface area is 129 Å². The van der Waals surface area contributed by atoms with Crippen molar-refractivity contribution in [3.63, 3.8) is 0 Å². The molecule has 10 heteroatoms. The molecule has 1 aromatic rings. The monoisotopic (exact) mass is 337 g/mol. The summed E-state index contributed by atoms with van der Waals surface area (Å²) in [5.74, 6) is -0.439. The minimum Gasteiger partial charge on any atom is -0.399 e. The number of carbonyl (C=O) groups is 1. The van der Waals surface area contributed by atoms with Crippen molar-refractivity contribution in [2.24, 2.45) is 0 Å². The molecule has 0 saturated heterocycles. The molecule has 6 N–H and O–H groups in total. The van der Waals surface area contributed by atoms with E-state index >= 15 is 0 Å². The van der Waals surface area contributed by atoms with E-state index in [0.29, 0.717) is 0 Å². The SMILES string of the molecule is Nc1ccc(OO[C@@H](C=O)[C@@H](O)[C@@H](O)[C@H](O)CO)c(C(F)F)c1. The highest BCUT2D eigenvalue weighted by Gasteiger charge is 2.33. The number of carbonyl (C=O) groups excluding carboxylic acids is 1. The average Bonchev–Trinajstić information content (AvgIpc) is 2.54. The maximum atomic E-state index is 12.8. The molecular formula is C13H17F2NO7. The second kappa shape index (κ2) is 8.70. The summed E-state index contributed by atoms with van der Waals surface area (Å²) in [5.41, 5.74) is 4.83. The number of aliphatic hydroxyl groups is 4. The molecule has 0 fully saturated rings. The van der Waals surface area contributed by atoms with Crippen molar-refractivity contribution in [1.82, 2.24) is 0 Å². The van der Waals surface area contributed by atoms with Crippen LogP contribution in [0.5, 0.6) is 5.75 Å². The van der Waals surface area contributed by atoms with Gasteiger partial charge in [0.05, 0.1) is 12.2 Å². The van der Waals surface area contributed by atoms with Crippen molar-refractivity contribution in [2.45, 2.75) is 30.8 Å². The average molecular weight is 337 g/mol. The highest BCUT2D eigenvalue weighted by molar-refractivity contribution is 5.57. The van der Waals surface area contributed by atoms with E-state index in [2.05, 4.69) is 9.78 Å². The lowest BCUT2D eigenvalue weighted by molar-refractivity contribution is -0.266. The van der Waals surface area contributed by atoms with Crippen LogP contribution in [-0.2, 0) is 9.68 Å². The number of aldehydes is 1. The number of nitrogens with two attached hydrogens (primary N) is 1. The number of nitrogen functional groups attached to an aromatic ring is 1. The van der Waals surface area contributed by atoms with Crippen LogP contribution in [0.1, 0.15) is 12.0 Å². The van der Waals surface area contributed by atoms with E-state index in [9.17, 15) is 28.9 Å². The van der Waals surface area contributed by atoms with Gasteiger partial charge in [0.1, 0.15) is 18.3 Å². The van der Waals surface area contributed by atoms with Gasteiger partial charge in [-0.15, -0.1) is 0 Å². The van der Waals surface area contributed by atoms with Gasteiger partial charge in [0.2, 0.25) is 0 Å². The minimum atomic E-state index is -2.93. The Bertz CT molecular complexity index is 517. The van der Waals surface area contributed by atoms with Crippen LogP contribution in [0.4, 0.5) is 14.5 Å². The van der Waals surface area contributed by atoms with Gasteiger partial charge >= 0.3 is 0 Å². The van der Waals surface area contributed by atoms with E-state index in [-0.39, 0.29) is 12.0 Å². The Kier molecular flexibility index (Phi) is 7.26. The van der Waals surface area contributed by atoms with Gasteiger partial charge in [0.25, 0.3) is 6.43 Å². The summed E-state index contributed by atoms with van der Waals surface area (Å²) < 4.78 is 25.7. The van der Waals surface area contributed by atoms with Gasteiger partial charge in [0, 0.05) is 5.69 Å². The molecule has 0 heterocycles. The fourth-order valence-corrected chi connectivity index (χ4v) is 1.61. The first kappa shape index (κ1) is 19.2. The number of alkyl halides is 2. The number of anilines is 1. The third kappa shape index (κ3) is 5.08. The molecule has 0 bridgehead atoms. The van der Waals surface area contributed by atoms with E-state index in [1.807, 2.05) is 0 Å². The number of hydrogen-bond donors (Lipinski definition) is 5. The fraction of sp³-hybridized carbons (Fsp3) is 0.462. The third-order valence-electron chi connectivity index (χ3n) is 2.92. The molecule has 8 nitrogen and oxygen atoms in total. The largest absolute Gasteiger partial charge is 0.399 e. The van der Waals surface area contributed by atoms with Crippen LogP contribution < -0.4 is 10.6 Å². The first-order valence-corrected chi connectivity index (χ1v) is 6.43. The summed E-state index contributed by atoms with van der Waals surface area (Å²) in [6, 6.07) is 3.27. The van der Waals surface area contributed by atoms with Gasteiger partial charge in [-0.05, 0) is 18.2 Å². The highest BCUT2D eigenvalue weighted by atomic mass is 19.3. The van der Waals surface area contributed by atoms with E-state index < -0.39 is 48.8 Å². The second-order valence-corrected chi connectivity index (χ2v) is 4.61. The van der Waals surface area contributed by atoms with Crippen LogP contribution in [0, 0.1) is 0 Å². The molecule has 0 aromatic heterocycles. The first-order valence-electron chi connectivity index (χ1n) is 6.43. The number of halogens is 2. The maximum Gasteiger partial charge on any atom is 0.267 e. The lowest BCUT2D eigenvalue weighted by atomic mass is 10.0. The normalized spacial score (nSPS) is 16.7.